The Hall–Kier alpha value is -2.28. The minimum absolute atomic E-state index is 0.427. The Balaban J connectivity index is 2.57. The summed E-state index contributed by atoms with van der Waals surface area (Å²) in [7, 11) is 2.94. The van der Waals surface area contributed by atoms with E-state index in [1.54, 1.807) is 14.0 Å². The highest BCUT2D eigenvalue weighted by molar-refractivity contribution is 7.80. The number of nitrogens with one attached hydrogen (secondary N) is 2. The maximum Gasteiger partial charge on any atom is 0.337 e. The second kappa shape index (κ2) is 8.01. The number of carbonyl (C=O) groups excluding carboxylic acids is 1. The van der Waals surface area contributed by atoms with Crippen LogP contribution in [0.15, 0.2) is 29.5 Å². The summed E-state index contributed by atoms with van der Waals surface area (Å²) in [5.41, 5.74) is 1.88. The molecule has 1 aromatic rings. The minimum Gasteiger partial charge on any atom is -0.493 e. The molecule has 2 N–H and O–H groups in total. The Bertz CT molecular complexity index is 673. The van der Waals surface area contributed by atoms with Crippen LogP contribution in [0.25, 0.3) is 0 Å². The van der Waals surface area contributed by atoms with E-state index < -0.39 is 12.0 Å². The lowest BCUT2D eigenvalue weighted by Crippen LogP contribution is -2.45. The van der Waals surface area contributed by atoms with E-state index in [2.05, 4.69) is 10.6 Å². The average molecular weight is 350 g/mol. The summed E-state index contributed by atoms with van der Waals surface area (Å²) < 4.78 is 16.2. The van der Waals surface area contributed by atoms with Gasteiger partial charge in [-0.3, -0.25) is 0 Å². The van der Waals surface area contributed by atoms with E-state index in [1.807, 2.05) is 25.1 Å². The second-order valence-electron chi connectivity index (χ2n) is 5.29. The van der Waals surface area contributed by atoms with E-state index in [1.165, 1.54) is 7.11 Å². The van der Waals surface area contributed by atoms with Crippen molar-refractivity contribution in [2.75, 3.05) is 20.8 Å². The van der Waals surface area contributed by atoms with Crippen molar-refractivity contribution in [2.24, 2.45) is 0 Å². The van der Waals surface area contributed by atoms with Crippen molar-refractivity contribution in [3.05, 3.63) is 35.0 Å². The van der Waals surface area contributed by atoms with Crippen molar-refractivity contribution in [3.63, 3.8) is 0 Å². The van der Waals surface area contributed by atoms with Crippen LogP contribution in [0.4, 0.5) is 0 Å². The van der Waals surface area contributed by atoms with Gasteiger partial charge < -0.3 is 24.8 Å². The van der Waals surface area contributed by atoms with Gasteiger partial charge in [0, 0.05) is 11.3 Å². The highest BCUT2D eigenvalue weighted by Crippen LogP contribution is 2.39. The van der Waals surface area contributed by atoms with Crippen molar-refractivity contribution in [1.82, 2.24) is 10.6 Å². The number of methoxy groups -OCH3 is 2. The molecule has 0 amide bonds. The first-order valence-corrected chi connectivity index (χ1v) is 8.10. The highest BCUT2D eigenvalue weighted by atomic mass is 32.1. The predicted octanol–water partition coefficient (Wildman–Crippen LogP) is 2.45. The number of allylic oxidation sites excluding steroid dienone is 1. The summed E-state index contributed by atoms with van der Waals surface area (Å²) in [4.78, 5) is 12.3. The fourth-order valence-corrected chi connectivity index (χ4v) is 2.86. The average Bonchev–Trinajstić information content (AvgIpc) is 2.58. The van der Waals surface area contributed by atoms with Crippen molar-refractivity contribution in [3.8, 4) is 11.5 Å². The Morgan fingerprint density at radius 1 is 1.33 bits per heavy atom. The monoisotopic (exact) mass is 350 g/mol. The standard InChI is InChI=1S/C17H22N2O4S/c1-5-9-23-15-11(7-6-8-12(15)21-3)14-13(16(20)22-4)10(2)18-17(24)19-14/h6-8,14H,5,9H2,1-4H3,(H2,18,19,24). The van der Waals surface area contributed by atoms with Gasteiger partial charge in [-0.15, -0.1) is 0 Å². The van der Waals surface area contributed by atoms with Crippen LogP contribution in [0.5, 0.6) is 11.5 Å². The minimum atomic E-state index is -0.479. The third kappa shape index (κ3) is 3.62. The van der Waals surface area contributed by atoms with Crippen molar-refractivity contribution in [1.29, 1.82) is 0 Å². The SMILES string of the molecule is CCCOc1c(OC)cccc1C1NC(=S)NC(C)=C1C(=O)OC. The fourth-order valence-electron chi connectivity index (χ4n) is 2.59. The molecule has 1 aliphatic rings. The van der Waals surface area contributed by atoms with Gasteiger partial charge >= 0.3 is 5.97 Å². The van der Waals surface area contributed by atoms with Gasteiger partial charge in [-0.05, 0) is 31.6 Å². The fraction of sp³-hybridized carbons (Fsp3) is 0.412. The van der Waals surface area contributed by atoms with Crippen LogP contribution in [0.1, 0.15) is 31.9 Å². The zero-order valence-corrected chi connectivity index (χ0v) is 15.1. The van der Waals surface area contributed by atoms with Gasteiger partial charge in [0.25, 0.3) is 0 Å². The molecular weight excluding hydrogens is 328 g/mol. The summed E-state index contributed by atoms with van der Waals surface area (Å²) in [6.07, 6.45) is 0.855. The number of para-hydroxylation sites is 1. The molecular formula is C17H22N2O4S. The van der Waals surface area contributed by atoms with Crippen LogP contribution in [-0.2, 0) is 9.53 Å². The molecule has 1 heterocycles. The van der Waals surface area contributed by atoms with Crippen LogP contribution in [0.3, 0.4) is 0 Å². The first kappa shape index (κ1) is 18.1. The van der Waals surface area contributed by atoms with Gasteiger partial charge in [0.1, 0.15) is 0 Å². The lowest BCUT2D eigenvalue weighted by Gasteiger charge is -2.31. The van der Waals surface area contributed by atoms with Gasteiger partial charge in [0.2, 0.25) is 0 Å². The molecule has 24 heavy (non-hydrogen) atoms. The van der Waals surface area contributed by atoms with Gasteiger partial charge in [-0.1, -0.05) is 19.1 Å². The molecule has 2 rings (SSSR count). The van der Waals surface area contributed by atoms with Crippen LogP contribution in [0, 0.1) is 0 Å². The van der Waals surface area contributed by atoms with Gasteiger partial charge in [0.05, 0.1) is 32.4 Å². The number of hydrogen-bond donors (Lipinski definition) is 2. The number of hydrogen-bond acceptors (Lipinski definition) is 5. The number of thiocarbonyl (C=S) groups is 1. The normalized spacial score (nSPS) is 17.0. The van der Waals surface area contributed by atoms with Crippen molar-refractivity contribution < 1.29 is 19.0 Å². The van der Waals surface area contributed by atoms with E-state index in [0.717, 1.165) is 12.0 Å². The van der Waals surface area contributed by atoms with Crippen LogP contribution in [-0.4, -0.2) is 31.9 Å². The molecule has 0 aromatic heterocycles. The largest absolute Gasteiger partial charge is 0.493 e. The molecule has 0 spiro atoms. The summed E-state index contributed by atoms with van der Waals surface area (Å²) in [5.74, 6) is 0.775. The van der Waals surface area contributed by atoms with E-state index in [4.69, 9.17) is 26.4 Å². The van der Waals surface area contributed by atoms with Crippen LogP contribution < -0.4 is 20.1 Å². The van der Waals surface area contributed by atoms with E-state index in [0.29, 0.717) is 34.5 Å². The maximum absolute atomic E-state index is 12.3. The molecule has 0 radical (unpaired) electrons. The molecule has 0 bridgehead atoms. The topological polar surface area (TPSA) is 68.8 Å². The molecule has 0 aliphatic carbocycles. The van der Waals surface area contributed by atoms with Crippen molar-refractivity contribution >= 4 is 23.3 Å². The highest BCUT2D eigenvalue weighted by Gasteiger charge is 2.33. The van der Waals surface area contributed by atoms with E-state index in [9.17, 15) is 4.79 Å². The first-order chi connectivity index (χ1) is 11.5. The Labute approximate surface area is 147 Å². The zero-order chi connectivity index (χ0) is 17.7. The molecule has 0 saturated carbocycles. The third-order valence-electron chi connectivity index (χ3n) is 3.67. The lowest BCUT2D eigenvalue weighted by atomic mass is 9.94. The smallest absolute Gasteiger partial charge is 0.337 e. The van der Waals surface area contributed by atoms with Crippen LogP contribution >= 0.6 is 12.2 Å². The maximum atomic E-state index is 12.3. The molecule has 1 atom stereocenters. The number of rotatable bonds is 6. The molecule has 0 fully saturated rings. The van der Waals surface area contributed by atoms with Crippen molar-refractivity contribution in [2.45, 2.75) is 26.3 Å². The van der Waals surface area contributed by atoms with Gasteiger partial charge in [-0.2, -0.15) is 0 Å². The Morgan fingerprint density at radius 2 is 2.08 bits per heavy atom. The Morgan fingerprint density at radius 3 is 2.71 bits per heavy atom. The summed E-state index contributed by atoms with van der Waals surface area (Å²) in [6.45, 7) is 4.36. The van der Waals surface area contributed by atoms with Gasteiger partial charge in [0.15, 0.2) is 16.6 Å². The second-order valence-corrected chi connectivity index (χ2v) is 5.70. The summed E-state index contributed by atoms with van der Waals surface area (Å²) in [6, 6.07) is 5.08. The van der Waals surface area contributed by atoms with Gasteiger partial charge in [-0.25, -0.2) is 4.79 Å². The predicted molar refractivity (Wildman–Crippen MR) is 95.1 cm³/mol. The lowest BCUT2D eigenvalue weighted by molar-refractivity contribution is -0.136. The molecule has 130 valence electrons. The zero-order valence-electron chi connectivity index (χ0n) is 14.3. The quantitative estimate of drug-likeness (QED) is 0.603. The molecule has 0 saturated heterocycles. The summed E-state index contributed by atoms with van der Waals surface area (Å²) >= 11 is 5.25. The number of carbonyl (C=O) groups is 1. The Kier molecular flexibility index (Phi) is 6.03. The molecule has 7 heteroatoms. The van der Waals surface area contributed by atoms with Crippen LogP contribution in [0.2, 0.25) is 0 Å². The molecule has 6 nitrogen and oxygen atoms in total. The third-order valence-corrected chi connectivity index (χ3v) is 3.89. The number of benzene rings is 1. The van der Waals surface area contributed by atoms with E-state index in [-0.39, 0.29) is 0 Å². The molecule has 1 unspecified atom stereocenters. The first-order valence-electron chi connectivity index (χ1n) is 7.69. The number of ether oxygens (including phenoxy) is 3. The molecule has 1 aromatic carbocycles. The number of esters is 1. The van der Waals surface area contributed by atoms with E-state index >= 15 is 0 Å². The summed E-state index contributed by atoms with van der Waals surface area (Å²) in [5, 5.41) is 6.52. The molecule has 1 aliphatic heterocycles.